The maximum Gasteiger partial charge on any atom is 0.348 e. The van der Waals surface area contributed by atoms with Crippen LogP contribution in [0.2, 0.25) is 0 Å². The van der Waals surface area contributed by atoms with Gasteiger partial charge in [0.2, 0.25) is 0 Å². The molecule has 1 aromatic carbocycles. The molecule has 0 saturated carbocycles. The van der Waals surface area contributed by atoms with E-state index < -0.39 is 17.7 Å². The Bertz CT molecular complexity index is 563. The molecular formula is C16H18O6. The molecule has 0 atom stereocenters. The first kappa shape index (κ1) is 16.0. The summed E-state index contributed by atoms with van der Waals surface area (Å²) < 4.78 is 20.4. The lowest BCUT2D eigenvalue weighted by atomic mass is 10.1. The molecule has 1 aromatic rings. The van der Waals surface area contributed by atoms with Crippen LogP contribution in [0.15, 0.2) is 29.8 Å². The first-order valence-electron chi connectivity index (χ1n) is 6.81. The Labute approximate surface area is 128 Å². The zero-order valence-corrected chi connectivity index (χ0v) is 12.8. The molecule has 0 spiro atoms. The summed E-state index contributed by atoms with van der Waals surface area (Å²) in [5.41, 5.74) is 0.537. The Morgan fingerprint density at radius 1 is 1.05 bits per heavy atom. The fraction of sp³-hybridized carbons (Fsp3) is 0.375. The van der Waals surface area contributed by atoms with Crippen LogP contribution in [0.5, 0.6) is 5.75 Å². The van der Waals surface area contributed by atoms with Gasteiger partial charge in [-0.3, -0.25) is 0 Å². The van der Waals surface area contributed by atoms with Crippen molar-refractivity contribution in [3.05, 3.63) is 35.4 Å². The molecule has 6 heteroatoms. The highest BCUT2D eigenvalue weighted by Crippen LogP contribution is 2.24. The first-order valence-corrected chi connectivity index (χ1v) is 6.81. The number of cyclic esters (lactones) is 2. The third kappa shape index (κ3) is 4.08. The van der Waals surface area contributed by atoms with Gasteiger partial charge < -0.3 is 18.9 Å². The van der Waals surface area contributed by atoms with Crippen LogP contribution in [0, 0.1) is 0 Å². The predicted octanol–water partition coefficient (Wildman–Crippen LogP) is 1.93. The lowest BCUT2D eigenvalue weighted by Crippen LogP contribution is -2.41. The van der Waals surface area contributed by atoms with Gasteiger partial charge in [-0.1, -0.05) is 12.1 Å². The van der Waals surface area contributed by atoms with Gasteiger partial charge in [-0.25, -0.2) is 9.59 Å². The molecule has 1 saturated heterocycles. The molecule has 0 aromatic heterocycles. The molecule has 2 rings (SSSR count). The number of esters is 2. The van der Waals surface area contributed by atoms with Crippen molar-refractivity contribution >= 4 is 18.0 Å². The minimum atomic E-state index is -1.23. The molecule has 1 heterocycles. The number of carbonyl (C=O) groups is 2. The van der Waals surface area contributed by atoms with Crippen LogP contribution in [-0.2, 0) is 23.8 Å². The number of carbonyl (C=O) groups excluding carboxylic acids is 2. The van der Waals surface area contributed by atoms with Crippen molar-refractivity contribution in [1.29, 1.82) is 0 Å². The highest BCUT2D eigenvalue weighted by atomic mass is 16.7. The Morgan fingerprint density at radius 2 is 1.64 bits per heavy atom. The molecule has 0 radical (unpaired) electrons. The van der Waals surface area contributed by atoms with E-state index in [2.05, 4.69) is 0 Å². The van der Waals surface area contributed by atoms with E-state index in [1.165, 1.54) is 19.9 Å². The maximum absolute atomic E-state index is 11.8. The van der Waals surface area contributed by atoms with E-state index in [1.54, 1.807) is 31.4 Å². The van der Waals surface area contributed by atoms with E-state index in [1.807, 2.05) is 0 Å². The number of rotatable bonds is 5. The molecule has 118 valence electrons. The van der Waals surface area contributed by atoms with Crippen molar-refractivity contribution in [3.8, 4) is 5.75 Å². The molecule has 6 nitrogen and oxygen atoms in total. The van der Waals surface area contributed by atoms with Gasteiger partial charge in [-0.05, 0) is 23.8 Å². The third-order valence-electron chi connectivity index (χ3n) is 2.86. The van der Waals surface area contributed by atoms with Crippen molar-refractivity contribution in [2.75, 3.05) is 20.3 Å². The third-order valence-corrected chi connectivity index (χ3v) is 2.86. The van der Waals surface area contributed by atoms with Gasteiger partial charge >= 0.3 is 11.9 Å². The fourth-order valence-electron chi connectivity index (χ4n) is 1.85. The number of benzene rings is 1. The Balaban J connectivity index is 2.09. The van der Waals surface area contributed by atoms with Gasteiger partial charge in [0.15, 0.2) is 0 Å². The average molecular weight is 306 g/mol. The van der Waals surface area contributed by atoms with Crippen LogP contribution >= 0.6 is 0 Å². The van der Waals surface area contributed by atoms with Gasteiger partial charge in [0, 0.05) is 21.0 Å². The van der Waals surface area contributed by atoms with Gasteiger partial charge in [0.1, 0.15) is 17.9 Å². The first-order chi connectivity index (χ1) is 10.4. The summed E-state index contributed by atoms with van der Waals surface area (Å²) in [6.45, 7) is 3.96. The van der Waals surface area contributed by atoms with Gasteiger partial charge in [-0.15, -0.1) is 0 Å². The summed E-state index contributed by atoms with van der Waals surface area (Å²) in [4.78, 5) is 23.7. The largest absolute Gasteiger partial charge is 0.491 e. The Hall–Kier alpha value is -2.34. The quantitative estimate of drug-likeness (QED) is 0.358. The van der Waals surface area contributed by atoms with E-state index in [9.17, 15) is 9.59 Å². The predicted molar refractivity (Wildman–Crippen MR) is 78.1 cm³/mol. The highest BCUT2D eigenvalue weighted by molar-refractivity contribution is 6.18. The summed E-state index contributed by atoms with van der Waals surface area (Å²) in [5.74, 6) is -1.94. The van der Waals surface area contributed by atoms with E-state index in [-0.39, 0.29) is 5.57 Å². The molecule has 0 bridgehead atoms. The number of hydrogen-bond donors (Lipinski definition) is 0. The summed E-state index contributed by atoms with van der Waals surface area (Å²) >= 11 is 0. The number of hydrogen-bond acceptors (Lipinski definition) is 6. The van der Waals surface area contributed by atoms with E-state index in [4.69, 9.17) is 18.9 Å². The van der Waals surface area contributed by atoms with Crippen LogP contribution in [0.4, 0.5) is 0 Å². The van der Waals surface area contributed by atoms with Gasteiger partial charge in [0.05, 0.1) is 6.61 Å². The number of methoxy groups -OCH3 is 1. The zero-order chi connectivity index (χ0) is 16.2. The van der Waals surface area contributed by atoms with E-state index >= 15 is 0 Å². The Morgan fingerprint density at radius 3 is 2.18 bits per heavy atom. The van der Waals surface area contributed by atoms with E-state index in [0.29, 0.717) is 24.5 Å². The van der Waals surface area contributed by atoms with E-state index in [0.717, 1.165) is 0 Å². The lowest BCUT2D eigenvalue weighted by molar-refractivity contribution is -0.222. The minimum Gasteiger partial charge on any atom is -0.491 e. The second kappa shape index (κ2) is 6.62. The topological polar surface area (TPSA) is 71.1 Å². The smallest absolute Gasteiger partial charge is 0.348 e. The fourth-order valence-corrected chi connectivity index (χ4v) is 1.85. The molecule has 1 aliphatic heterocycles. The summed E-state index contributed by atoms with van der Waals surface area (Å²) in [5, 5.41) is 0. The lowest BCUT2D eigenvalue weighted by Gasteiger charge is -2.29. The zero-order valence-electron chi connectivity index (χ0n) is 12.8. The maximum atomic E-state index is 11.8. The monoisotopic (exact) mass is 306 g/mol. The van der Waals surface area contributed by atoms with Crippen molar-refractivity contribution in [2.45, 2.75) is 19.6 Å². The average Bonchev–Trinajstić information content (AvgIpc) is 2.44. The molecule has 1 aliphatic rings. The van der Waals surface area contributed by atoms with Crippen molar-refractivity contribution in [3.63, 3.8) is 0 Å². The second-order valence-corrected chi connectivity index (χ2v) is 5.15. The summed E-state index contributed by atoms with van der Waals surface area (Å²) in [6, 6.07) is 6.95. The second-order valence-electron chi connectivity index (χ2n) is 5.15. The van der Waals surface area contributed by atoms with Crippen LogP contribution in [0.25, 0.3) is 6.08 Å². The highest BCUT2D eigenvalue weighted by Gasteiger charge is 2.38. The van der Waals surface area contributed by atoms with Crippen molar-refractivity contribution in [1.82, 2.24) is 0 Å². The number of ether oxygens (including phenoxy) is 4. The molecule has 0 amide bonds. The minimum absolute atomic E-state index is 0.132. The molecule has 0 N–H and O–H groups in total. The van der Waals surface area contributed by atoms with Crippen LogP contribution in [0.3, 0.4) is 0 Å². The van der Waals surface area contributed by atoms with Crippen LogP contribution in [0.1, 0.15) is 19.4 Å². The van der Waals surface area contributed by atoms with Gasteiger partial charge in [0.25, 0.3) is 5.79 Å². The van der Waals surface area contributed by atoms with Crippen molar-refractivity contribution < 1.29 is 28.5 Å². The van der Waals surface area contributed by atoms with Crippen molar-refractivity contribution in [2.24, 2.45) is 0 Å². The van der Waals surface area contributed by atoms with Crippen LogP contribution in [-0.4, -0.2) is 38.0 Å². The van der Waals surface area contributed by atoms with Crippen LogP contribution < -0.4 is 4.74 Å². The summed E-state index contributed by atoms with van der Waals surface area (Å²) in [7, 11) is 1.60. The SMILES string of the molecule is COCCOc1ccc(C=C2C(=O)OC(C)(C)OC2=O)cc1. The standard InChI is InChI=1S/C16H18O6/c1-16(2)21-14(17)13(15(18)22-16)10-11-4-6-12(7-5-11)20-9-8-19-3/h4-7,10H,8-9H2,1-3H3. The molecule has 1 fully saturated rings. The molecule has 0 aliphatic carbocycles. The molecular weight excluding hydrogens is 288 g/mol. The Kier molecular flexibility index (Phi) is 4.82. The van der Waals surface area contributed by atoms with Gasteiger partial charge in [-0.2, -0.15) is 0 Å². The summed E-state index contributed by atoms with van der Waals surface area (Å²) in [6.07, 6.45) is 1.43. The molecule has 0 unspecified atom stereocenters. The molecule has 22 heavy (non-hydrogen) atoms. The normalized spacial score (nSPS) is 16.8.